The molecular weight excluding hydrogens is 417 g/mol. The van der Waals surface area contributed by atoms with Crippen LogP contribution in [0.3, 0.4) is 0 Å². The van der Waals surface area contributed by atoms with Gasteiger partial charge >= 0.3 is 0 Å². The second-order valence-corrected chi connectivity index (χ2v) is 7.53. The van der Waals surface area contributed by atoms with Crippen LogP contribution >= 0.6 is 23.2 Å². The van der Waals surface area contributed by atoms with Crippen molar-refractivity contribution in [2.45, 2.75) is 19.0 Å². The number of halogens is 2. The predicted octanol–water partition coefficient (Wildman–Crippen LogP) is 3.23. The third-order valence-corrected chi connectivity index (χ3v) is 5.40. The summed E-state index contributed by atoms with van der Waals surface area (Å²) in [5.41, 5.74) is 1.93. The van der Waals surface area contributed by atoms with E-state index in [0.717, 1.165) is 10.5 Å². The molecule has 2 aliphatic rings. The summed E-state index contributed by atoms with van der Waals surface area (Å²) in [5, 5.41) is 12.3. The lowest BCUT2D eigenvalue weighted by molar-refractivity contribution is -0.123. The van der Waals surface area contributed by atoms with Crippen molar-refractivity contribution in [1.29, 1.82) is 0 Å². The summed E-state index contributed by atoms with van der Waals surface area (Å²) in [5.74, 6) is -1.35. The Balaban J connectivity index is 1.48. The highest BCUT2D eigenvalue weighted by atomic mass is 35.5. The number of rotatable bonds is 4. The fraction of sp³-hybridized carbons (Fsp3) is 0.211. The molecule has 2 atom stereocenters. The van der Waals surface area contributed by atoms with Crippen molar-refractivity contribution >= 4 is 52.3 Å². The monoisotopic (exact) mass is 431 g/mol. The average molecular weight is 432 g/mol. The highest BCUT2D eigenvalue weighted by molar-refractivity contribution is 6.42. The first-order valence-corrected chi connectivity index (χ1v) is 9.47. The van der Waals surface area contributed by atoms with Crippen LogP contribution in [0.4, 0.5) is 11.4 Å². The Hall–Kier alpha value is -2.97. The lowest BCUT2D eigenvalue weighted by atomic mass is 10.1. The van der Waals surface area contributed by atoms with Crippen molar-refractivity contribution in [1.82, 2.24) is 5.01 Å². The number of hydrogen-bond acceptors (Lipinski definition) is 6. The van der Waals surface area contributed by atoms with E-state index in [-0.39, 0.29) is 6.54 Å². The molecule has 2 unspecified atom stereocenters. The molecule has 1 fully saturated rings. The predicted molar refractivity (Wildman–Crippen MR) is 108 cm³/mol. The van der Waals surface area contributed by atoms with Crippen molar-refractivity contribution in [2.24, 2.45) is 10.3 Å². The molecule has 0 bridgehead atoms. The number of fused-ring (bicyclic) bond motifs is 1. The number of amides is 3. The van der Waals surface area contributed by atoms with Gasteiger partial charge in [-0.2, -0.15) is 5.11 Å². The lowest BCUT2D eigenvalue weighted by Crippen LogP contribution is -2.43. The number of carbonyl (C=O) groups excluding carboxylic acids is 3. The summed E-state index contributed by atoms with van der Waals surface area (Å²) in [6.45, 7) is 1.67. The Morgan fingerprint density at radius 2 is 1.79 bits per heavy atom. The van der Waals surface area contributed by atoms with E-state index in [9.17, 15) is 14.4 Å². The summed E-state index contributed by atoms with van der Waals surface area (Å²) >= 11 is 11.8. The van der Waals surface area contributed by atoms with Crippen LogP contribution in [0.1, 0.15) is 5.56 Å². The van der Waals surface area contributed by atoms with Crippen molar-refractivity contribution in [3.8, 4) is 0 Å². The normalized spacial score (nSPS) is 20.4. The first-order valence-electron chi connectivity index (χ1n) is 8.72. The first-order chi connectivity index (χ1) is 13.8. The summed E-state index contributed by atoms with van der Waals surface area (Å²) < 4.78 is 0. The molecule has 0 radical (unpaired) electrons. The van der Waals surface area contributed by atoms with Crippen LogP contribution in [0.5, 0.6) is 0 Å². The second-order valence-electron chi connectivity index (χ2n) is 6.72. The van der Waals surface area contributed by atoms with Crippen LogP contribution in [0, 0.1) is 6.92 Å². The van der Waals surface area contributed by atoms with Gasteiger partial charge in [-0.3, -0.25) is 19.4 Å². The molecular formula is C19H15Cl2N5O3. The zero-order valence-electron chi connectivity index (χ0n) is 15.2. The van der Waals surface area contributed by atoms with Gasteiger partial charge in [-0.15, -0.1) is 0 Å². The number of hydrogen-bond donors (Lipinski definition) is 1. The second kappa shape index (κ2) is 7.46. The molecule has 10 heteroatoms. The maximum absolute atomic E-state index is 12.9. The molecule has 0 spiro atoms. The highest BCUT2D eigenvalue weighted by Crippen LogP contribution is 2.32. The van der Waals surface area contributed by atoms with Crippen molar-refractivity contribution < 1.29 is 14.4 Å². The molecule has 2 aromatic rings. The maximum Gasteiger partial charge on any atom is 0.263 e. The Labute approximate surface area is 176 Å². The minimum atomic E-state index is -0.957. The number of aryl methyl sites for hydroxylation is 1. The molecule has 0 saturated carbocycles. The number of anilines is 2. The largest absolute Gasteiger partial charge is 0.324 e. The third-order valence-electron chi connectivity index (χ3n) is 4.66. The van der Waals surface area contributed by atoms with E-state index in [1.165, 1.54) is 11.1 Å². The van der Waals surface area contributed by atoms with Gasteiger partial charge in [0.25, 0.3) is 11.8 Å². The smallest absolute Gasteiger partial charge is 0.263 e. The van der Waals surface area contributed by atoms with Gasteiger partial charge in [-0.25, -0.2) is 4.90 Å². The fourth-order valence-electron chi connectivity index (χ4n) is 3.22. The number of benzene rings is 2. The summed E-state index contributed by atoms with van der Waals surface area (Å²) in [6.07, 6.45) is 0. The van der Waals surface area contributed by atoms with Crippen LogP contribution in [-0.4, -0.2) is 41.4 Å². The van der Waals surface area contributed by atoms with Gasteiger partial charge in [0.1, 0.15) is 6.54 Å². The topological polar surface area (TPSA) is 94.4 Å². The van der Waals surface area contributed by atoms with Crippen LogP contribution < -0.4 is 10.2 Å². The summed E-state index contributed by atoms with van der Waals surface area (Å²) in [6, 6.07) is 9.80. The standard InChI is InChI=1S/C19H15Cl2N5O3/c1-10-2-5-12(6-3-10)26-18(28)16-17(19(26)29)25(24-23-16)9-15(27)22-11-4-7-13(20)14(21)8-11/h2-8,16-17H,9H2,1H3,(H,22,27). The van der Waals surface area contributed by atoms with Crippen LogP contribution in [-0.2, 0) is 14.4 Å². The quantitative estimate of drug-likeness (QED) is 0.751. The van der Waals surface area contributed by atoms with Gasteiger partial charge in [-0.05, 0) is 37.3 Å². The van der Waals surface area contributed by atoms with Gasteiger partial charge in [0, 0.05) is 5.69 Å². The number of nitrogens with one attached hydrogen (secondary N) is 1. The Morgan fingerprint density at radius 1 is 1.07 bits per heavy atom. The number of imide groups is 1. The molecule has 1 saturated heterocycles. The lowest BCUT2D eigenvalue weighted by Gasteiger charge is -2.20. The Morgan fingerprint density at radius 3 is 2.48 bits per heavy atom. The van der Waals surface area contributed by atoms with E-state index in [1.54, 1.807) is 24.3 Å². The maximum atomic E-state index is 12.9. The van der Waals surface area contributed by atoms with Crippen LogP contribution in [0.2, 0.25) is 10.0 Å². The van der Waals surface area contributed by atoms with Gasteiger partial charge < -0.3 is 5.32 Å². The van der Waals surface area contributed by atoms with Gasteiger partial charge in [-0.1, -0.05) is 46.1 Å². The van der Waals surface area contributed by atoms with Crippen LogP contribution in [0.15, 0.2) is 52.8 Å². The minimum absolute atomic E-state index is 0.244. The molecule has 148 valence electrons. The molecule has 2 aliphatic heterocycles. The molecule has 8 nitrogen and oxygen atoms in total. The Bertz CT molecular complexity index is 1040. The van der Waals surface area contributed by atoms with E-state index >= 15 is 0 Å². The van der Waals surface area contributed by atoms with E-state index in [0.29, 0.717) is 21.4 Å². The SMILES string of the molecule is Cc1ccc(N2C(=O)C3N=NN(CC(=O)Nc4ccc(Cl)c(Cl)c4)C3C2=O)cc1. The van der Waals surface area contributed by atoms with E-state index in [4.69, 9.17) is 23.2 Å². The highest BCUT2D eigenvalue weighted by Gasteiger charge is 2.55. The summed E-state index contributed by atoms with van der Waals surface area (Å²) in [7, 11) is 0. The van der Waals surface area contributed by atoms with Gasteiger partial charge in [0.05, 0.1) is 15.7 Å². The zero-order valence-corrected chi connectivity index (χ0v) is 16.7. The van der Waals surface area contributed by atoms with Crippen molar-refractivity contribution in [3.05, 3.63) is 58.1 Å². The molecule has 29 heavy (non-hydrogen) atoms. The number of carbonyl (C=O) groups is 3. The van der Waals surface area contributed by atoms with Crippen molar-refractivity contribution in [2.75, 3.05) is 16.8 Å². The van der Waals surface area contributed by atoms with Gasteiger partial charge in [0.15, 0.2) is 12.1 Å². The molecule has 0 aliphatic carbocycles. The molecule has 4 rings (SSSR count). The minimum Gasteiger partial charge on any atom is -0.324 e. The zero-order chi connectivity index (χ0) is 20.7. The van der Waals surface area contributed by atoms with E-state index in [1.807, 2.05) is 19.1 Å². The molecule has 2 heterocycles. The van der Waals surface area contributed by atoms with E-state index < -0.39 is 29.8 Å². The third kappa shape index (κ3) is 3.56. The molecule has 3 amide bonds. The van der Waals surface area contributed by atoms with E-state index in [2.05, 4.69) is 15.7 Å². The van der Waals surface area contributed by atoms with Crippen LogP contribution in [0.25, 0.3) is 0 Å². The van der Waals surface area contributed by atoms with Crippen molar-refractivity contribution in [3.63, 3.8) is 0 Å². The molecule has 0 aromatic heterocycles. The average Bonchev–Trinajstić information content (AvgIpc) is 3.19. The molecule has 1 N–H and O–H groups in total. The number of nitrogens with zero attached hydrogens (tertiary/aromatic N) is 4. The first kappa shape index (κ1) is 19.4. The summed E-state index contributed by atoms with van der Waals surface area (Å²) in [4.78, 5) is 39.1. The molecule has 2 aromatic carbocycles. The van der Waals surface area contributed by atoms with Gasteiger partial charge in [0.2, 0.25) is 5.91 Å². The fourth-order valence-corrected chi connectivity index (χ4v) is 3.52. The Kier molecular flexibility index (Phi) is 4.97.